The van der Waals surface area contributed by atoms with E-state index in [9.17, 15) is 8.78 Å². The zero-order chi connectivity index (χ0) is 10.8. The normalized spacial score (nSPS) is 22.2. The summed E-state index contributed by atoms with van der Waals surface area (Å²) < 4.78 is 26.2. The Morgan fingerprint density at radius 2 is 2.20 bits per heavy atom. The number of likely N-dealkylation sites (tertiary alicyclic amines) is 1. The van der Waals surface area contributed by atoms with Crippen molar-refractivity contribution in [3.05, 3.63) is 35.4 Å². The lowest BCUT2D eigenvalue weighted by Crippen LogP contribution is -2.20. The molecule has 0 bridgehead atoms. The molecule has 0 spiro atoms. The fraction of sp³-hybridized carbons (Fsp3) is 0.455. The van der Waals surface area contributed by atoms with Gasteiger partial charge in [0.1, 0.15) is 11.6 Å². The Bertz CT molecular complexity index is 356. The Morgan fingerprint density at radius 1 is 1.40 bits per heavy atom. The molecular weight excluding hydrogens is 264 g/mol. The monoisotopic (exact) mass is 275 g/mol. The summed E-state index contributed by atoms with van der Waals surface area (Å²) in [7, 11) is 0. The van der Waals surface area contributed by atoms with Crippen molar-refractivity contribution in [3.63, 3.8) is 0 Å². The minimum absolute atomic E-state index is 0.325. The lowest BCUT2D eigenvalue weighted by molar-refractivity contribution is 0.326. The molecule has 1 nitrogen and oxygen atoms in total. The maximum Gasteiger partial charge on any atom is 0.127 e. The number of hydrogen-bond acceptors (Lipinski definition) is 1. The van der Waals surface area contributed by atoms with Gasteiger partial charge in [0, 0.05) is 23.5 Å². The second-order valence-corrected chi connectivity index (χ2v) is 5.15. The average molecular weight is 276 g/mol. The molecule has 1 aliphatic rings. The summed E-state index contributed by atoms with van der Waals surface area (Å²) >= 11 is 3.52. The molecule has 1 aromatic carbocycles. The van der Waals surface area contributed by atoms with E-state index in [-0.39, 0.29) is 11.6 Å². The summed E-state index contributed by atoms with van der Waals surface area (Å²) in [6, 6.07) is 3.61. The van der Waals surface area contributed by atoms with Crippen LogP contribution in [0.4, 0.5) is 8.78 Å². The third-order valence-electron chi connectivity index (χ3n) is 2.62. The Hall–Kier alpha value is -0.480. The highest BCUT2D eigenvalue weighted by atomic mass is 79.9. The zero-order valence-electron chi connectivity index (χ0n) is 8.22. The third-order valence-corrected chi connectivity index (χ3v) is 3.36. The standard InChI is InChI=1S/C11H12BrF2N/c12-9-3-4-15(7-9)6-8-5-10(13)1-2-11(8)14/h1-2,5,9H,3-4,6-7H2. The molecule has 82 valence electrons. The van der Waals surface area contributed by atoms with Crippen LogP contribution in [-0.2, 0) is 6.54 Å². The summed E-state index contributed by atoms with van der Waals surface area (Å²) in [4.78, 5) is 2.60. The van der Waals surface area contributed by atoms with Crippen molar-refractivity contribution in [2.45, 2.75) is 17.8 Å². The zero-order valence-corrected chi connectivity index (χ0v) is 9.80. The SMILES string of the molecule is Fc1ccc(F)c(CN2CCC(Br)C2)c1. The fourth-order valence-corrected chi connectivity index (χ4v) is 2.45. The number of alkyl halides is 1. The lowest BCUT2D eigenvalue weighted by Gasteiger charge is -2.15. The number of rotatable bonds is 2. The Kier molecular flexibility index (Phi) is 3.36. The van der Waals surface area contributed by atoms with Crippen LogP contribution >= 0.6 is 15.9 Å². The van der Waals surface area contributed by atoms with Crippen LogP contribution in [0, 0.1) is 11.6 Å². The van der Waals surface area contributed by atoms with Crippen molar-refractivity contribution in [2.75, 3.05) is 13.1 Å². The van der Waals surface area contributed by atoms with Crippen LogP contribution in [-0.4, -0.2) is 22.8 Å². The molecule has 0 amide bonds. The molecule has 1 aliphatic heterocycles. The van der Waals surface area contributed by atoms with E-state index in [2.05, 4.69) is 20.8 Å². The van der Waals surface area contributed by atoms with E-state index < -0.39 is 0 Å². The van der Waals surface area contributed by atoms with Crippen LogP contribution in [0.1, 0.15) is 12.0 Å². The summed E-state index contributed by atoms with van der Waals surface area (Å²) in [5, 5.41) is 0. The van der Waals surface area contributed by atoms with Crippen LogP contribution in [0.2, 0.25) is 0 Å². The van der Waals surface area contributed by atoms with E-state index in [0.717, 1.165) is 25.6 Å². The summed E-state index contributed by atoms with van der Waals surface area (Å²) in [6.07, 6.45) is 1.07. The van der Waals surface area contributed by atoms with Gasteiger partial charge in [0.2, 0.25) is 0 Å². The molecule has 2 rings (SSSR count). The van der Waals surface area contributed by atoms with E-state index in [1.807, 2.05) is 0 Å². The maximum absolute atomic E-state index is 13.3. The molecule has 0 aromatic heterocycles. The molecule has 1 heterocycles. The van der Waals surface area contributed by atoms with Gasteiger partial charge in [-0.15, -0.1) is 0 Å². The topological polar surface area (TPSA) is 3.24 Å². The van der Waals surface area contributed by atoms with Gasteiger partial charge in [-0.2, -0.15) is 0 Å². The smallest absolute Gasteiger partial charge is 0.127 e. The first-order valence-corrected chi connectivity index (χ1v) is 5.87. The van der Waals surface area contributed by atoms with Gasteiger partial charge in [-0.1, -0.05) is 15.9 Å². The van der Waals surface area contributed by atoms with E-state index in [0.29, 0.717) is 16.9 Å². The first-order chi connectivity index (χ1) is 7.15. The van der Waals surface area contributed by atoms with Crippen molar-refractivity contribution in [1.82, 2.24) is 4.90 Å². The van der Waals surface area contributed by atoms with E-state index in [4.69, 9.17) is 0 Å². The number of hydrogen-bond donors (Lipinski definition) is 0. The van der Waals surface area contributed by atoms with Gasteiger partial charge in [-0.25, -0.2) is 8.78 Å². The fourth-order valence-electron chi connectivity index (χ4n) is 1.83. The van der Waals surface area contributed by atoms with E-state index >= 15 is 0 Å². The van der Waals surface area contributed by atoms with Gasteiger partial charge < -0.3 is 0 Å². The van der Waals surface area contributed by atoms with Gasteiger partial charge in [-0.3, -0.25) is 4.90 Å². The highest BCUT2D eigenvalue weighted by Gasteiger charge is 2.20. The maximum atomic E-state index is 13.3. The Labute approximate surface area is 96.2 Å². The second-order valence-electron chi connectivity index (χ2n) is 3.86. The van der Waals surface area contributed by atoms with Gasteiger partial charge in [-0.05, 0) is 31.2 Å². The molecule has 0 radical (unpaired) electrons. The van der Waals surface area contributed by atoms with Crippen molar-refractivity contribution in [2.24, 2.45) is 0 Å². The average Bonchev–Trinajstić information content (AvgIpc) is 2.58. The first-order valence-electron chi connectivity index (χ1n) is 4.95. The minimum Gasteiger partial charge on any atom is -0.298 e. The molecule has 1 aromatic rings. The Balaban J connectivity index is 2.07. The molecular formula is C11H12BrF2N. The quantitative estimate of drug-likeness (QED) is 0.751. The van der Waals surface area contributed by atoms with Crippen LogP contribution in [0.3, 0.4) is 0 Å². The summed E-state index contributed by atoms with van der Waals surface area (Å²) in [5.74, 6) is -0.699. The van der Waals surface area contributed by atoms with Gasteiger partial charge in [0.05, 0.1) is 0 Å². The second kappa shape index (κ2) is 4.58. The summed E-state index contributed by atoms with van der Waals surface area (Å²) in [6.45, 7) is 2.33. The highest BCUT2D eigenvalue weighted by molar-refractivity contribution is 9.09. The predicted molar refractivity (Wildman–Crippen MR) is 59.0 cm³/mol. The molecule has 4 heteroatoms. The molecule has 1 unspecified atom stereocenters. The largest absolute Gasteiger partial charge is 0.298 e. The van der Waals surface area contributed by atoms with Gasteiger partial charge in [0.15, 0.2) is 0 Å². The van der Waals surface area contributed by atoms with Crippen LogP contribution in [0.15, 0.2) is 18.2 Å². The predicted octanol–water partition coefficient (Wildman–Crippen LogP) is 2.93. The van der Waals surface area contributed by atoms with Crippen molar-refractivity contribution in [3.8, 4) is 0 Å². The van der Waals surface area contributed by atoms with E-state index in [1.165, 1.54) is 12.1 Å². The van der Waals surface area contributed by atoms with Crippen molar-refractivity contribution >= 4 is 15.9 Å². The molecule has 0 N–H and O–H groups in total. The minimum atomic E-state index is -0.374. The number of nitrogens with zero attached hydrogens (tertiary/aromatic N) is 1. The van der Waals surface area contributed by atoms with Crippen LogP contribution in [0.5, 0.6) is 0 Å². The lowest BCUT2D eigenvalue weighted by atomic mass is 10.2. The molecule has 1 fully saturated rings. The summed E-state index contributed by atoms with van der Waals surface area (Å²) in [5.41, 5.74) is 0.441. The molecule has 15 heavy (non-hydrogen) atoms. The van der Waals surface area contributed by atoms with Gasteiger partial charge >= 0.3 is 0 Å². The third kappa shape index (κ3) is 2.75. The number of benzene rings is 1. The highest BCUT2D eigenvalue weighted by Crippen LogP contribution is 2.20. The van der Waals surface area contributed by atoms with E-state index in [1.54, 1.807) is 0 Å². The van der Waals surface area contributed by atoms with Gasteiger partial charge in [0.25, 0.3) is 0 Å². The Morgan fingerprint density at radius 3 is 2.87 bits per heavy atom. The van der Waals surface area contributed by atoms with Crippen molar-refractivity contribution in [1.29, 1.82) is 0 Å². The molecule has 1 atom stereocenters. The van der Waals surface area contributed by atoms with Crippen LogP contribution < -0.4 is 0 Å². The number of halogens is 3. The van der Waals surface area contributed by atoms with Crippen molar-refractivity contribution < 1.29 is 8.78 Å². The van der Waals surface area contributed by atoms with Crippen LogP contribution in [0.25, 0.3) is 0 Å². The molecule has 0 saturated carbocycles. The molecule has 0 aliphatic carbocycles. The first kappa shape index (κ1) is 11.0. The molecule has 1 saturated heterocycles.